The summed E-state index contributed by atoms with van der Waals surface area (Å²) < 4.78 is 5.27. The molecule has 0 aliphatic heterocycles. The zero-order valence-electron chi connectivity index (χ0n) is 12.2. The highest BCUT2D eigenvalue weighted by Gasteiger charge is 2.14. The predicted octanol–water partition coefficient (Wildman–Crippen LogP) is 3.20. The van der Waals surface area contributed by atoms with Gasteiger partial charge in [-0.05, 0) is 43.0 Å². The highest BCUT2D eigenvalue weighted by atomic mass is 16.5. The van der Waals surface area contributed by atoms with E-state index in [1.165, 1.54) is 0 Å². The molecule has 0 spiro atoms. The molecule has 3 nitrogen and oxygen atoms in total. The summed E-state index contributed by atoms with van der Waals surface area (Å²) in [5, 5.41) is 3.00. The van der Waals surface area contributed by atoms with Crippen molar-refractivity contribution in [2.75, 3.05) is 7.11 Å². The van der Waals surface area contributed by atoms with Gasteiger partial charge in [-0.2, -0.15) is 0 Å². The van der Waals surface area contributed by atoms with Crippen LogP contribution in [-0.4, -0.2) is 19.1 Å². The zero-order valence-corrected chi connectivity index (χ0v) is 12.2. The lowest BCUT2D eigenvalue weighted by Gasteiger charge is -2.18. The Balaban J connectivity index is 2.91. The number of methoxy groups -OCH3 is 1. The molecule has 1 aromatic carbocycles. The Kier molecular flexibility index (Phi) is 5.61. The molecule has 0 aliphatic carbocycles. The molecule has 0 saturated carbocycles. The van der Waals surface area contributed by atoms with Crippen LogP contribution in [0.5, 0.6) is 5.75 Å². The summed E-state index contributed by atoms with van der Waals surface area (Å²) in [5.41, 5.74) is 1.63. The molecule has 1 amide bonds. The number of benzene rings is 1. The van der Waals surface area contributed by atoms with Gasteiger partial charge >= 0.3 is 0 Å². The zero-order chi connectivity index (χ0) is 14.4. The van der Waals surface area contributed by atoms with E-state index in [1.54, 1.807) is 19.3 Å². The number of allylic oxidation sites excluding steroid dienone is 1. The third-order valence-electron chi connectivity index (χ3n) is 3.27. The van der Waals surface area contributed by atoms with Crippen LogP contribution in [0.25, 0.3) is 0 Å². The molecule has 0 aliphatic rings. The van der Waals surface area contributed by atoms with Gasteiger partial charge in [-0.1, -0.05) is 19.9 Å². The first kappa shape index (κ1) is 15.3. The van der Waals surface area contributed by atoms with Crippen LogP contribution in [-0.2, 0) is 6.42 Å². The smallest absolute Gasteiger partial charge is 0.251 e. The van der Waals surface area contributed by atoms with E-state index >= 15 is 0 Å². The summed E-state index contributed by atoms with van der Waals surface area (Å²) in [6.07, 6.45) is 2.49. The Hall–Kier alpha value is -1.77. The number of nitrogens with one attached hydrogen (secondary N) is 1. The van der Waals surface area contributed by atoms with E-state index in [0.29, 0.717) is 17.9 Å². The average molecular weight is 261 g/mol. The third kappa shape index (κ3) is 4.12. The Morgan fingerprint density at radius 2 is 2.11 bits per heavy atom. The second kappa shape index (κ2) is 6.98. The van der Waals surface area contributed by atoms with Crippen molar-refractivity contribution >= 4 is 5.91 Å². The van der Waals surface area contributed by atoms with E-state index in [2.05, 4.69) is 25.7 Å². The van der Waals surface area contributed by atoms with Gasteiger partial charge in [0, 0.05) is 11.6 Å². The minimum absolute atomic E-state index is 0.0471. The van der Waals surface area contributed by atoms with E-state index in [0.717, 1.165) is 11.3 Å². The number of hydrogen-bond acceptors (Lipinski definition) is 2. The minimum atomic E-state index is -0.0471. The van der Waals surface area contributed by atoms with Gasteiger partial charge in [0.05, 0.1) is 7.11 Å². The molecule has 1 rings (SSSR count). The molecule has 0 aromatic heterocycles. The quantitative estimate of drug-likeness (QED) is 0.799. The number of carbonyl (C=O) groups excluding carboxylic acids is 1. The molecular formula is C16H23NO2. The second-order valence-corrected chi connectivity index (χ2v) is 5.03. The largest absolute Gasteiger partial charge is 0.496 e. The maximum atomic E-state index is 12.1. The molecule has 0 radical (unpaired) electrons. The molecule has 0 bridgehead atoms. The van der Waals surface area contributed by atoms with Crippen molar-refractivity contribution < 1.29 is 9.53 Å². The molecule has 1 atom stereocenters. The van der Waals surface area contributed by atoms with Gasteiger partial charge < -0.3 is 10.1 Å². The van der Waals surface area contributed by atoms with Crippen molar-refractivity contribution in [1.29, 1.82) is 0 Å². The third-order valence-corrected chi connectivity index (χ3v) is 3.27. The summed E-state index contributed by atoms with van der Waals surface area (Å²) in [6, 6.07) is 5.63. The standard InChI is InChI=1S/C16H23NO2/c1-6-7-13-10-14(8-9-15(13)19-5)16(18)17-12(4)11(2)3/h6,8-12H,1,7H2,2-5H3,(H,17,18)/t12-/m1/s1. The van der Waals surface area contributed by atoms with Gasteiger partial charge in [0.2, 0.25) is 0 Å². The Morgan fingerprint density at radius 1 is 1.42 bits per heavy atom. The summed E-state index contributed by atoms with van der Waals surface area (Å²) >= 11 is 0. The summed E-state index contributed by atoms with van der Waals surface area (Å²) in [4.78, 5) is 12.1. The Labute approximate surface area is 115 Å². The normalized spacial score (nSPS) is 12.1. The summed E-state index contributed by atoms with van der Waals surface area (Å²) in [6.45, 7) is 9.90. The van der Waals surface area contributed by atoms with Crippen LogP contribution in [0.15, 0.2) is 30.9 Å². The summed E-state index contributed by atoms with van der Waals surface area (Å²) in [5.74, 6) is 1.15. The second-order valence-electron chi connectivity index (χ2n) is 5.03. The fraction of sp³-hybridized carbons (Fsp3) is 0.438. The van der Waals surface area contributed by atoms with Gasteiger partial charge in [-0.15, -0.1) is 6.58 Å². The highest BCUT2D eigenvalue weighted by Crippen LogP contribution is 2.21. The number of rotatable bonds is 6. The van der Waals surface area contributed by atoms with E-state index in [1.807, 2.05) is 19.1 Å². The van der Waals surface area contributed by atoms with Crippen LogP contribution < -0.4 is 10.1 Å². The lowest BCUT2D eigenvalue weighted by Crippen LogP contribution is -2.36. The van der Waals surface area contributed by atoms with Gasteiger partial charge in [0.1, 0.15) is 5.75 Å². The van der Waals surface area contributed by atoms with Crippen LogP contribution in [0.4, 0.5) is 0 Å². The highest BCUT2D eigenvalue weighted by molar-refractivity contribution is 5.94. The Bertz CT molecular complexity index is 452. The fourth-order valence-corrected chi connectivity index (χ4v) is 1.69. The number of carbonyl (C=O) groups is 1. The Morgan fingerprint density at radius 3 is 2.63 bits per heavy atom. The molecule has 104 valence electrons. The van der Waals surface area contributed by atoms with Crippen LogP contribution in [0.2, 0.25) is 0 Å². The fourth-order valence-electron chi connectivity index (χ4n) is 1.69. The average Bonchev–Trinajstić information content (AvgIpc) is 2.38. The lowest BCUT2D eigenvalue weighted by atomic mass is 10.0. The molecule has 3 heteroatoms. The van der Waals surface area contributed by atoms with Crippen LogP contribution in [0.3, 0.4) is 0 Å². The van der Waals surface area contributed by atoms with Crippen molar-refractivity contribution in [2.45, 2.75) is 33.2 Å². The van der Waals surface area contributed by atoms with Gasteiger partial charge in [0.15, 0.2) is 0 Å². The van der Waals surface area contributed by atoms with Gasteiger partial charge in [-0.3, -0.25) is 4.79 Å². The minimum Gasteiger partial charge on any atom is -0.496 e. The number of ether oxygens (including phenoxy) is 1. The first-order valence-corrected chi connectivity index (χ1v) is 6.58. The maximum absolute atomic E-state index is 12.1. The molecule has 19 heavy (non-hydrogen) atoms. The van der Waals surface area contributed by atoms with E-state index in [4.69, 9.17) is 4.74 Å². The molecule has 1 aromatic rings. The van der Waals surface area contributed by atoms with Crippen molar-refractivity contribution in [2.24, 2.45) is 5.92 Å². The number of amides is 1. The molecule has 0 unspecified atom stereocenters. The van der Waals surface area contributed by atoms with Crippen molar-refractivity contribution in [3.8, 4) is 5.75 Å². The molecular weight excluding hydrogens is 238 g/mol. The number of hydrogen-bond donors (Lipinski definition) is 1. The van der Waals surface area contributed by atoms with Gasteiger partial charge in [0.25, 0.3) is 5.91 Å². The molecule has 1 N–H and O–H groups in total. The van der Waals surface area contributed by atoms with Crippen molar-refractivity contribution in [1.82, 2.24) is 5.32 Å². The maximum Gasteiger partial charge on any atom is 0.251 e. The molecule has 0 fully saturated rings. The summed E-state index contributed by atoms with van der Waals surface area (Å²) in [7, 11) is 1.63. The van der Waals surface area contributed by atoms with Gasteiger partial charge in [-0.25, -0.2) is 0 Å². The van der Waals surface area contributed by atoms with E-state index in [-0.39, 0.29) is 11.9 Å². The first-order chi connectivity index (χ1) is 8.99. The van der Waals surface area contributed by atoms with Crippen LogP contribution in [0, 0.1) is 5.92 Å². The van der Waals surface area contributed by atoms with Crippen molar-refractivity contribution in [3.05, 3.63) is 42.0 Å². The monoisotopic (exact) mass is 261 g/mol. The first-order valence-electron chi connectivity index (χ1n) is 6.58. The van der Waals surface area contributed by atoms with E-state index < -0.39 is 0 Å². The van der Waals surface area contributed by atoms with E-state index in [9.17, 15) is 4.79 Å². The predicted molar refractivity (Wildman–Crippen MR) is 78.7 cm³/mol. The van der Waals surface area contributed by atoms with Crippen LogP contribution in [0.1, 0.15) is 36.7 Å². The topological polar surface area (TPSA) is 38.3 Å². The SMILES string of the molecule is C=CCc1cc(C(=O)N[C@H](C)C(C)C)ccc1OC. The van der Waals surface area contributed by atoms with Crippen LogP contribution >= 0.6 is 0 Å². The lowest BCUT2D eigenvalue weighted by molar-refractivity contribution is 0.0930. The molecule has 0 saturated heterocycles. The molecule has 0 heterocycles. The van der Waals surface area contributed by atoms with Crippen molar-refractivity contribution in [3.63, 3.8) is 0 Å².